The Bertz CT molecular complexity index is 1200. The molecular formula is C23H21F3N4O4. The van der Waals surface area contributed by atoms with Crippen molar-refractivity contribution >= 4 is 29.4 Å². The molecule has 2 aromatic carbocycles. The Balaban J connectivity index is 1.38. The first-order valence-electron chi connectivity index (χ1n) is 10.5. The van der Waals surface area contributed by atoms with E-state index in [0.29, 0.717) is 16.7 Å². The number of halogens is 3. The summed E-state index contributed by atoms with van der Waals surface area (Å²) in [5.41, 5.74) is 1.04. The van der Waals surface area contributed by atoms with Gasteiger partial charge in [-0.3, -0.25) is 19.7 Å². The number of rotatable bonds is 4. The second-order valence-electron chi connectivity index (χ2n) is 8.23. The van der Waals surface area contributed by atoms with Crippen LogP contribution in [-0.4, -0.2) is 34.7 Å². The maximum absolute atomic E-state index is 13.1. The molecule has 178 valence electrons. The standard InChI is InChI=1S/C23H21F3N4O4/c1-12-2-4-15(9-17(12)23(24,25)26)28-22(34)27-10-13-3-5-16-14(8-13)11-30(21(16)33)18-6-7-19(31)29-20(18)32/h2-5,8-9,18H,6-7,10-11H2,1H3,(H2,27,28,34)(H,29,31,32). The molecule has 8 nitrogen and oxygen atoms in total. The van der Waals surface area contributed by atoms with Crippen LogP contribution in [0, 0.1) is 6.92 Å². The lowest BCUT2D eigenvalue weighted by atomic mass is 10.0. The van der Waals surface area contributed by atoms with Gasteiger partial charge in [-0.05, 0) is 48.2 Å². The Morgan fingerprint density at radius 3 is 2.62 bits per heavy atom. The highest BCUT2D eigenvalue weighted by Crippen LogP contribution is 2.33. The van der Waals surface area contributed by atoms with Gasteiger partial charge in [-0.15, -0.1) is 0 Å². The van der Waals surface area contributed by atoms with Crippen LogP contribution in [0.1, 0.15) is 45.5 Å². The monoisotopic (exact) mass is 474 g/mol. The zero-order valence-electron chi connectivity index (χ0n) is 18.1. The molecule has 1 unspecified atom stereocenters. The van der Waals surface area contributed by atoms with E-state index >= 15 is 0 Å². The maximum atomic E-state index is 13.1. The molecule has 11 heteroatoms. The maximum Gasteiger partial charge on any atom is 0.416 e. The zero-order chi connectivity index (χ0) is 24.6. The number of aryl methyl sites for hydroxylation is 1. The number of imide groups is 1. The van der Waals surface area contributed by atoms with Gasteiger partial charge < -0.3 is 15.5 Å². The third kappa shape index (κ3) is 4.73. The summed E-state index contributed by atoms with van der Waals surface area (Å²) in [4.78, 5) is 49.9. The van der Waals surface area contributed by atoms with Crippen LogP contribution >= 0.6 is 0 Å². The largest absolute Gasteiger partial charge is 0.416 e. The Hall–Kier alpha value is -3.89. The lowest BCUT2D eigenvalue weighted by Crippen LogP contribution is -2.52. The molecule has 1 atom stereocenters. The van der Waals surface area contributed by atoms with Crippen molar-refractivity contribution in [2.45, 2.75) is 45.1 Å². The Labute approximate surface area is 192 Å². The molecule has 2 aliphatic heterocycles. The predicted octanol–water partition coefficient (Wildman–Crippen LogP) is 3.10. The third-order valence-electron chi connectivity index (χ3n) is 5.84. The van der Waals surface area contributed by atoms with Crippen molar-refractivity contribution in [2.75, 3.05) is 5.32 Å². The van der Waals surface area contributed by atoms with Crippen molar-refractivity contribution in [3.05, 3.63) is 64.2 Å². The quantitative estimate of drug-likeness (QED) is 0.592. The molecule has 0 radical (unpaired) electrons. The van der Waals surface area contributed by atoms with Crippen molar-refractivity contribution in [2.24, 2.45) is 0 Å². The molecule has 0 saturated carbocycles. The number of amides is 5. The lowest BCUT2D eigenvalue weighted by molar-refractivity contribution is -0.138. The van der Waals surface area contributed by atoms with E-state index in [1.54, 1.807) is 18.2 Å². The van der Waals surface area contributed by atoms with Gasteiger partial charge in [-0.1, -0.05) is 18.2 Å². The summed E-state index contributed by atoms with van der Waals surface area (Å²) in [6, 6.07) is 7.12. The molecule has 5 amide bonds. The van der Waals surface area contributed by atoms with Gasteiger partial charge in [0.25, 0.3) is 5.91 Å². The summed E-state index contributed by atoms with van der Waals surface area (Å²) in [6.07, 6.45) is -4.11. The predicted molar refractivity (Wildman–Crippen MR) is 115 cm³/mol. The second kappa shape index (κ2) is 8.81. The molecule has 4 rings (SSSR count). The molecule has 3 N–H and O–H groups in total. The SMILES string of the molecule is Cc1ccc(NC(=O)NCc2ccc3c(c2)CN(C2CCC(=O)NC2=O)C3=O)cc1C(F)(F)F. The van der Waals surface area contributed by atoms with Crippen molar-refractivity contribution in [1.82, 2.24) is 15.5 Å². The minimum Gasteiger partial charge on any atom is -0.334 e. The molecule has 2 heterocycles. The van der Waals surface area contributed by atoms with Gasteiger partial charge in [0.1, 0.15) is 6.04 Å². The fourth-order valence-corrected chi connectivity index (χ4v) is 4.10. The number of nitrogens with zero attached hydrogens (tertiary/aromatic N) is 1. The first-order valence-corrected chi connectivity index (χ1v) is 10.5. The molecule has 1 fully saturated rings. The van der Waals surface area contributed by atoms with Gasteiger partial charge in [0.2, 0.25) is 11.8 Å². The summed E-state index contributed by atoms with van der Waals surface area (Å²) in [5, 5.41) is 7.21. The third-order valence-corrected chi connectivity index (χ3v) is 5.84. The fourth-order valence-electron chi connectivity index (χ4n) is 4.10. The Morgan fingerprint density at radius 1 is 1.15 bits per heavy atom. The molecule has 0 spiro atoms. The van der Waals surface area contributed by atoms with Crippen molar-refractivity contribution in [3.8, 4) is 0 Å². The van der Waals surface area contributed by atoms with Gasteiger partial charge in [0.05, 0.1) is 5.56 Å². The highest BCUT2D eigenvalue weighted by atomic mass is 19.4. The van der Waals surface area contributed by atoms with Crippen LogP contribution in [0.4, 0.5) is 23.7 Å². The first-order chi connectivity index (χ1) is 16.0. The van der Waals surface area contributed by atoms with Crippen LogP contribution in [0.25, 0.3) is 0 Å². The molecule has 2 aliphatic rings. The van der Waals surface area contributed by atoms with Crippen LogP contribution in [-0.2, 0) is 28.9 Å². The number of piperidine rings is 1. The highest BCUT2D eigenvalue weighted by molar-refractivity contribution is 6.05. The van der Waals surface area contributed by atoms with Crippen LogP contribution in [0.15, 0.2) is 36.4 Å². The topological polar surface area (TPSA) is 108 Å². The molecular weight excluding hydrogens is 453 g/mol. The molecule has 0 aromatic heterocycles. The van der Waals surface area contributed by atoms with Crippen LogP contribution in [0.2, 0.25) is 0 Å². The van der Waals surface area contributed by atoms with E-state index in [9.17, 15) is 32.3 Å². The minimum absolute atomic E-state index is 0.00913. The Kier molecular flexibility index (Phi) is 6.03. The number of nitrogens with one attached hydrogen (secondary N) is 3. The van der Waals surface area contributed by atoms with Gasteiger partial charge in [-0.25, -0.2) is 4.79 Å². The average Bonchev–Trinajstić information content (AvgIpc) is 3.08. The van der Waals surface area contributed by atoms with Crippen molar-refractivity contribution in [1.29, 1.82) is 0 Å². The number of alkyl halides is 3. The second-order valence-corrected chi connectivity index (χ2v) is 8.23. The molecule has 0 aliphatic carbocycles. The van der Waals surface area contributed by atoms with E-state index < -0.39 is 29.7 Å². The Morgan fingerprint density at radius 2 is 1.91 bits per heavy atom. The summed E-state index contributed by atoms with van der Waals surface area (Å²) < 4.78 is 39.2. The zero-order valence-corrected chi connectivity index (χ0v) is 18.1. The fraction of sp³-hybridized carbons (Fsp3) is 0.304. The van der Waals surface area contributed by atoms with Crippen molar-refractivity contribution < 1.29 is 32.3 Å². The van der Waals surface area contributed by atoms with E-state index in [1.807, 2.05) is 0 Å². The summed E-state index contributed by atoms with van der Waals surface area (Å²) >= 11 is 0. The summed E-state index contributed by atoms with van der Waals surface area (Å²) in [5.74, 6) is -1.17. The van der Waals surface area contributed by atoms with Crippen LogP contribution in [0.3, 0.4) is 0 Å². The number of fused-ring (bicyclic) bond motifs is 1. The van der Waals surface area contributed by atoms with Crippen LogP contribution in [0.5, 0.6) is 0 Å². The molecule has 0 bridgehead atoms. The summed E-state index contributed by atoms with van der Waals surface area (Å²) in [7, 11) is 0. The highest BCUT2D eigenvalue weighted by Gasteiger charge is 2.39. The van der Waals surface area contributed by atoms with Crippen molar-refractivity contribution in [3.63, 3.8) is 0 Å². The number of carbonyl (C=O) groups is 4. The van der Waals surface area contributed by atoms with E-state index in [0.717, 1.165) is 6.07 Å². The lowest BCUT2D eigenvalue weighted by Gasteiger charge is -2.29. The van der Waals surface area contributed by atoms with E-state index in [2.05, 4.69) is 16.0 Å². The molecule has 1 saturated heterocycles. The minimum atomic E-state index is -4.53. The number of anilines is 1. The number of carbonyl (C=O) groups excluding carboxylic acids is 4. The van der Waals surface area contributed by atoms with Gasteiger partial charge in [-0.2, -0.15) is 13.2 Å². The van der Waals surface area contributed by atoms with Gasteiger partial charge in [0.15, 0.2) is 0 Å². The molecule has 2 aromatic rings. The van der Waals surface area contributed by atoms with Crippen LogP contribution < -0.4 is 16.0 Å². The van der Waals surface area contributed by atoms with E-state index in [4.69, 9.17) is 0 Å². The molecule has 34 heavy (non-hydrogen) atoms. The normalized spacial score (nSPS) is 17.9. The number of benzene rings is 2. The number of hydrogen-bond donors (Lipinski definition) is 3. The smallest absolute Gasteiger partial charge is 0.334 e. The van der Waals surface area contributed by atoms with E-state index in [-0.39, 0.29) is 49.0 Å². The summed E-state index contributed by atoms with van der Waals surface area (Å²) in [6.45, 7) is 1.61. The number of hydrogen-bond acceptors (Lipinski definition) is 4. The van der Waals surface area contributed by atoms with Gasteiger partial charge in [0, 0.05) is 30.8 Å². The first kappa shape index (κ1) is 23.3. The van der Waals surface area contributed by atoms with Gasteiger partial charge >= 0.3 is 12.2 Å². The average molecular weight is 474 g/mol. The van der Waals surface area contributed by atoms with E-state index in [1.165, 1.54) is 24.0 Å². The number of urea groups is 1.